The van der Waals surface area contributed by atoms with Crippen molar-refractivity contribution in [3.63, 3.8) is 0 Å². The molecule has 0 spiro atoms. The van der Waals surface area contributed by atoms with E-state index in [4.69, 9.17) is 0 Å². The fourth-order valence-electron chi connectivity index (χ4n) is 2.30. The highest BCUT2D eigenvalue weighted by molar-refractivity contribution is 5.24. The number of hydrogen-bond donors (Lipinski definition) is 1. The number of rotatable bonds is 5. The first-order valence-corrected chi connectivity index (χ1v) is 6.05. The Bertz CT molecular complexity index is 374. The third-order valence-electron chi connectivity index (χ3n) is 3.06. The molecule has 96 valence electrons. The van der Waals surface area contributed by atoms with Crippen LogP contribution in [0.25, 0.3) is 0 Å². The van der Waals surface area contributed by atoms with Gasteiger partial charge in [-0.2, -0.15) is 0 Å². The molecule has 2 unspecified atom stereocenters. The van der Waals surface area contributed by atoms with E-state index in [0.29, 0.717) is 6.42 Å². The van der Waals surface area contributed by atoms with E-state index in [1.165, 1.54) is 19.1 Å². The maximum Gasteiger partial charge on any atom is 0.164 e. The van der Waals surface area contributed by atoms with E-state index < -0.39 is 17.2 Å². The van der Waals surface area contributed by atoms with Crippen LogP contribution >= 0.6 is 0 Å². The van der Waals surface area contributed by atoms with Crippen LogP contribution in [-0.2, 0) is 5.60 Å². The van der Waals surface area contributed by atoms with Gasteiger partial charge in [0.2, 0.25) is 0 Å². The molecule has 0 aliphatic carbocycles. The molecule has 1 aromatic rings. The van der Waals surface area contributed by atoms with E-state index in [1.54, 1.807) is 0 Å². The third-order valence-corrected chi connectivity index (χ3v) is 3.06. The quantitative estimate of drug-likeness (QED) is 0.827. The van der Waals surface area contributed by atoms with Crippen LogP contribution in [0.2, 0.25) is 0 Å². The maximum atomic E-state index is 13.6. The first-order valence-electron chi connectivity index (χ1n) is 6.05. The molecule has 2 atom stereocenters. The zero-order chi connectivity index (χ0) is 13.1. The minimum Gasteiger partial charge on any atom is -0.385 e. The van der Waals surface area contributed by atoms with Gasteiger partial charge < -0.3 is 5.11 Å². The zero-order valence-electron chi connectivity index (χ0n) is 10.6. The van der Waals surface area contributed by atoms with Crippen LogP contribution in [0.3, 0.4) is 0 Å². The molecule has 0 bridgehead atoms. The lowest BCUT2D eigenvalue weighted by atomic mass is 9.85. The van der Waals surface area contributed by atoms with E-state index in [1.807, 2.05) is 6.92 Å². The summed E-state index contributed by atoms with van der Waals surface area (Å²) in [4.78, 5) is 0. The van der Waals surface area contributed by atoms with Crippen molar-refractivity contribution in [1.29, 1.82) is 0 Å². The monoisotopic (exact) mass is 242 g/mol. The summed E-state index contributed by atoms with van der Waals surface area (Å²) < 4.78 is 26.7. The summed E-state index contributed by atoms with van der Waals surface area (Å²) in [5.41, 5.74) is -1.28. The van der Waals surface area contributed by atoms with Crippen LogP contribution in [0.5, 0.6) is 0 Å². The third kappa shape index (κ3) is 3.50. The van der Waals surface area contributed by atoms with Gasteiger partial charge in [0.05, 0.1) is 5.60 Å². The summed E-state index contributed by atoms with van der Waals surface area (Å²) in [5.74, 6) is -1.58. The minimum absolute atomic E-state index is 0.0421. The number of halogens is 2. The molecule has 0 aliphatic heterocycles. The molecule has 0 heterocycles. The van der Waals surface area contributed by atoms with Crippen molar-refractivity contribution >= 4 is 0 Å². The fourth-order valence-corrected chi connectivity index (χ4v) is 2.30. The van der Waals surface area contributed by atoms with Gasteiger partial charge in [-0.15, -0.1) is 0 Å². The molecule has 0 amide bonds. The fraction of sp³-hybridized carbons (Fsp3) is 0.571. The second kappa shape index (κ2) is 5.58. The van der Waals surface area contributed by atoms with E-state index in [0.717, 1.165) is 18.9 Å². The standard InChI is InChI=1S/C14H20F2O/c1-4-6-10(2)9-14(3,17)11-7-5-8-12(15)13(11)16/h5,7-8,10,17H,4,6,9H2,1-3H3. The molecule has 0 aromatic heterocycles. The molecule has 0 saturated heterocycles. The summed E-state index contributed by atoms with van der Waals surface area (Å²) in [7, 11) is 0. The highest BCUT2D eigenvalue weighted by Gasteiger charge is 2.29. The van der Waals surface area contributed by atoms with Gasteiger partial charge in [-0.3, -0.25) is 0 Å². The van der Waals surface area contributed by atoms with Gasteiger partial charge in [-0.1, -0.05) is 38.8 Å². The highest BCUT2D eigenvalue weighted by atomic mass is 19.2. The minimum atomic E-state index is -1.32. The Morgan fingerprint density at radius 1 is 1.35 bits per heavy atom. The molecule has 0 aliphatic rings. The predicted octanol–water partition coefficient (Wildman–Crippen LogP) is 4.00. The first kappa shape index (κ1) is 14.1. The summed E-state index contributed by atoms with van der Waals surface area (Å²) in [6, 6.07) is 3.92. The predicted molar refractivity (Wildman–Crippen MR) is 64.6 cm³/mol. The van der Waals surface area contributed by atoms with Crippen molar-refractivity contribution < 1.29 is 13.9 Å². The summed E-state index contributed by atoms with van der Waals surface area (Å²) in [6.45, 7) is 5.61. The molecule has 0 saturated carbocycles. The molecule has 3 heteroatoms. The Morgan fingerprint density at radius 3 is 2.59 bits per heavy atom. The zero-order valence-corrected chi connectivity index (χ0v) is 10.6. The topological polar surface area (TPSA) is 20.2 Å². The molecule has 1 nitrogen and oxygen atoms in total. The van der Waals surface area contributed by atoms with Gasteiger partial charge in [0.1, 0.15) is 0 Å². The largest absolute Gasteiger partial charge is 0.385 e. The van der Waals surface area contributed by atoms with Crippen molar-refractivity contribution in [3.05, 3.63) is 35.4 Å². The van der Waals surface area contributed by atoms with Crippen LogP contribution in [0.4, 0.5) is 8.78 Å². The van der Waals surface area contributed by atoms with Crippen LogP contribution in [-0.4, -0.2) is 5.11 Å². The Labute approximate surface area is 101 Å². The van der Waals surface area contributed by atoms with Crippen molar-refractivity contribution in [2.45, 2.75) is 45.6 Å². The van der Waals surface area contributed by atoms with Crippen molar-refractivity contribution in [3.8, 4) is 0 Å². The van der Waals surface area contributed by atoms with Gasteiger partial charge in [-0.05, 0) is 25.3 Å². The van der Waals surface area contributed by atoms with Gasteiger partial charge in [0.25, 0.3) is 0 Å². The van der Waals surface area contributed by atoms with E-state index >= 15 is 0 Å². The van der Waals surface area contributed by atoms with Crippen molar-refractivity contribution in [2.24, 2.45) is 5.92 Å². The molecule has 1 aromatic carbocycles. The van der Waals surface area contributed by atoms with Crippen molar-refractivity contribution in [1.82, 2.24) is 0 Å². The molecule has 1 rings (SSSR count). The summed E-state index contributed by atoms with van der Waals surface area (Å²) >= 11 is 0. The Kier molecular flexibility index (Phi) is 4.63. The molecule has 17 heavy (non-hydrogen) atoms. The molecular weight excluding hydrogens is 222 g/mol. The van der Waals surface area contributed by atoms with Crippen molar-refractivity contribution in [2.75, 3.05) is 0 Å². The SMILES string of the molecule is CCCC(C)CC(C)(O)c1cccc(F)c1F. The van der Waals surface area contributed by atoms with E-state index in [9.17, 15) is 13.9 Å². The maximum absolute atomic E-state index is 13.6. The number of aliphatic hydroxyl groups is 1. The number of benzene rings is 1. The Morgan fingerprint density at radius 2 is 2.00 bits per heavy atom. The lowest BCUT2D eigenvalue weighted by Gasteiger charge is -2.27. The van der Waals surface area contributed by atoms with Gasteiger partial charge in [-0.25, -0.2) is 8.78 Å². The highest BCUT2D eigenvalue weighted by Crippen LogP contribution is 2.32. The lowest BCUT2D eigenvalue weighted by Crippen LogP contribution is -2.26. The van der Waals surface area contributed by atoms with Crippen LogP contribution in [0, 0.1) is 17.6 Å². The summed E-state index contributed by atoms with van der Waals surface area (Å²) in [5, 5.41) is 10.3. The Hall–Kier alpha value is -0.960. The van der Waals surface area contributed by atoms with Crippen LogP contribution < -0.4 is 0 Å². The van der Waals surface area contributed by atoms with Crippen LogP contribution in [0.15, 0.2) is 18.2 Å². The Balaban J connectivity index is 2.92. The second-order valence-electron chi connectivity index (χ2n) is 4.97. The number of hydrogen-bond acceptors (Lipinski definition) is 1. The van der Waals surface area contributed by atoms with Crippen LogP contribution in [0.1, 0.15) is 45.6 Å². The lowest BCUT2D eigenvalue weighted by molar-refractivity contribution is 0.0271. The second-order valence-corrected chi connectivity index (χ2v) is 4.97. The van der Waals surface area contributed by atoms with E-state index in [-0.39, 0.29) is 11.5 Å². The molecule has 0 radical (unpaired) electrons. The first-order chi connectivity index (χ1) is 7.88. The average Bonchev–Trinajstić information content (AvgIpc) is 2.21. The van der Waals surface area contributed by atoms with Gasteiger partial charge in [0, 0.05) is 5.56 Å². The molecule has 1 N–H and O–H groups in total. The smallest absolute Gasteiger partial charge is 0.164 e. The van der Waals surface area contributed by atoms with Gasteiger partial charge in [0.15, 0.2) is 11.6 Å². The summed E-state index contributed by atoms with van der Waals surface area (Å²) in [6.07, 6.45) is 2.41. The van der Waals surface area contributed by atoms with E-state index in [2.05, 4.69) is 6.92 Å². The molecular formula is C14H20F2O. The van der Waals surface area contributed by atoms with Gasteiger partial charge >= 0.3 is 0 Å². The average molecular weight is 242 g/mol. The molecule has 0 fully saturated rings. The normalized spacial score (nSPS) is 16.6.